The van der Waals surface area contributed by atoms with E-state index in [1.54, 1.807) is 7.11 Å². The molecule has 3 nitrogen and oxygen atoms in total. The molecule has 0 radical (unpaired) electrons. The first-order valence-electron chi connectivity index (χ1n) is 7.35. The summed E-state index contributed by atoms with van der Waals surface area (Å²) in [6.45, 7) is 4.20. The van der Waals surface area contributed by atoms with Gasteiger partial charge in [0.25, 0.3) is 0 Å². The van der Waals surface area contributed by atoms with E-state index in [2.05, 4.69) is 34.9 Å². The van der Waals surface area contributed by atoms with E-state index in [9.17, 15) is 0 Å². The van der Waals surface area contributed by atoms with Crippen molar-refractivity contribution >= 4 is 5.69 Å². The van der Waals surface area contributed by atoms with E-state index in [4.69, 9.17) is 4.74 Å². The standard InChI is InChI=1S/C16H24N2O/c1-19-9-8-16(6-7-16)12-17-10-13-11-18-15-5-3-2-4-14(13)15/h2-5,13,17-18H,6-12H2,1H3. The van der Waals surface area contributed by atoms with Gasteiger partial charge in [0.1, 0.15) is 0 Å². The number of rotatable bonds is 7. The molecule has 1 fully saturated rings. The molecule has 1 heterocycles. The maximum atomic E-state index is 5.21. The first kappa shape index (κ1) is 12.9. The number of anilines is 1. The molecule has 0 saturated heterocycles. The molecule has 1 aromatic rings. The smallest absolute Gasteiger partial charge is 0.0468 e. The molecule has 0 spiro atoms. The zero-order chi connectivity index (χ0) is 13.1. The lowest BCUT2D eigenvalue weighted by Crippen LogP contribution is -2.29. The fourth-order valence-corrected chi connectivity index (χ4v) is 3.06. The Hall–Kier alpha value is -1.06. The minimum absolute atomic E-state index is 0.543. The summed E-state index contributed by atoms with van der Waals surface area (Å²) in [5.41, 5.74) is 3.33. The van der Waals surface area contributed by atoms with Gasteiger partial charge < -0.3 is 15.4 Å². The number of methoxy groups -OCH3 is 1. The van der Waals surface area contributed by atoms with Gasteiger partial charge in [0.15, 0.2) is 0 Å². The van der Waals surface area contributed by atoms with Crippen LogP contribution in [0.3, 0.4) is 0 Å². The fraction of sp³-hybridized carbons (Fsp3) is 0.625. The van der Waals surface area contributed by atoms with Gasteiger partial charge in [-0.3, -0.25) is 0 Å². The molecule has 2 aliphatic rings. The van der Waals surface area contributed by atoms with Crippen LogP contribution in [0.1, 0.15) is 30.7 Å². The van der Waals surface area contributed by atoms with Gasteiger partial charge in [-0.05, 0) is 36.3 Å². The average molecular weight is 260 g/mol. The molecule has 1 saturated carbocycles. The number of ether oxygens (including phenoxy) is 1. The van der Waals surface area contributed by atoms with Crippen LogP contribution < -0.4 is 10.6 Å². The second kappa shape index (κ2) is 5.51. The van der Waals surface area contributed by atoms with Crippen molar-refractivity contribution in [1.29, 1.82) is 0 Å². The third-order valence-electron chi connectivity index (χ3n) is 4.62. The highest BCUT2D eigenvalue weighted by atomic mass is 16.5. The van der Waals surface area contributed by atoms with E-state index < -0.39 is 0 Å². The van der Waals surface area contributed by atoms with Crippen LogP contribution in [0.4, 0.5) is 5.69 Å². The monoisotopic (exact) mass is 260 g/mol. The first-order valence-corrected chi connectivity index (χ1v) is 7.35. The van der Waals surface area contributed by atoms with E-state index >= 15 is 0 Å². The highest BCUT2D eigenvalue weighted by Crippen LogP contribution is 2.48. The second-order valence-electron chi connectivity index (χ2n) is 6.04. The van der Waals surface area contributed by atoms with Crippen LogP contribution >= 0.6 is 0 Å². The third-order valence-corrected chi connectivity index (χ3v) is 4.62. The predicted octanol–water partition coefficient (Wildman–Crippen LogP) is 2.60. The highest BCUT2D eigenvalue weighted by Gasteiger charge is 2.41. The van der Waals surface area contributed by atoms with Crippen molar-refractivity contribution < 1.29 is 4.74 Å². The molecule has 0 bridgehead atoms. The third kappa shape index (κ3) is 2.93. The summed E-state index contributed by atoms with van der Waals surface area (Å²) in [5, 5.41) is 7.17. The fourth-order valence-electron chi connectivity index (χ4n) is 3.06. The largest absolute Gasteiger partial charge is 0.385 e. The SMILES string of the molecule is COCCC1(CNCC2CNc3ccccc32)CC1. The lowest BCUT2D eigenvalue weighted by Gasteiger charge is -2.18. The van der Waals surface area contributed by atoms with E-state index in [1.165, 1.54) is 30.5 Å². The Morgan fingerprint density at radius 1 is 1.37 bits per heavy atom. The van der Waals surface area contributed by atoms with Crippen molar-refractivity contribution in [2.45, 2.75) is 25.2 Å². The Morgan fingerprint density at radius 3 is 3.00 bits per heavy atom. The minimum Gasteiger partial charge on any atom is -0.385 e. The zero-order valence-electron chi connectivity index (χ0n) is 11.7. The van der Waals surface area contributed by atoms with E-state index in [1.807, 2.05) is 0 Å². The van der Waals surface area contributed by atoms with Gasteiger partial charge in [-0.2, -0.15) is 0 Å². The number of benzene rings is 1. The van der Waals surface area contributed by atoms with Gasteiger partial charge >= 0.3 is 0 Å². The zero-order valence-corrected chi connectivity index (χ0v) is 11.7. The van der Waals surface area contributed by atoms with Crippen LogP contribution in [0, 0.1) is 5.41 Å². The van der Waals surface area contributed by atoms with E-state index in [0.29, 0.717) is 11.3 Å². The normalized spacial score (nSPS) is 22.9. The Balaban J connectivity index is 1.46. The Morgan fingerprint density at radius 2 is 2.21 bits per heavy atom. The van der Waals surface area contributed by atoms with Crippen LogP contribution in [-0.2, 0) is 4.74 Å². The minimum atomic E-state index is 0.543. The molecular formula is C16H24N2O. The van der Waals surface area contributed by atoms with Crippen LogP contribution in [-0.4, -0.2) is 33.4 Å². The van der Waals surface area contributed by atoms with Crippen molar-refractivity contribution in [1.82, 2.24) is 5.32 Å². The molecule has 3 rings (SSSR count). The van der Waals surface area contributed by atoms with Crippen LogP contribution in [0.25, 0.3) is 0 Å². The Labute approximate surface area is 115 Å². The summed E-state index contributed by atoms with van der Waals surface area (Å²) in [7, 11) is 1.80. The lowest BCUT2D eigenvalue weighted by atomic mass is 10.00. The van der Waals surface area contributed by atoms with Crippen molar-refractivity contribution in [3.63, 3.8) is 0 Å². The molecule has 19 heavy (non-hydrogen) atoms. The molecule has 1 unspecified atom stereocenters. The average Bonchev–Trinajstić information content (AvgIpc) is 3.10. The summed E-state index contributed by atoms with van der Waals surface area (Å²) in [5.74, 6) is 0.620. The number of nitrogens with one attached hydrogen (secondary N) is 2. The number of hydrogen-bond acceptors (Lipinski definition) is 3. The number of hydrogen-bond donors (Lipinski definition) is 2. The summed E-state index contributed by atoms with van der Waals surface area (Å²) in [4.78, 5) is 0. The lowest BCUT2D eigenvalue weighted by molar-refractivity contribution is 0.171. The summed E-state index contributed by atoms with van der Waals surface area (Å²) in [6.07, 6.45) is 3.93. The number of fused-ring (bicyclic) bond motifs is 1. The highest BCUT2D eigenvalue weighted by molar-refractivity contribution is 5.57. The first-order chi connectivity index (χ1) is 9.33. The van der Waals surface area contributed by atoms with Crippen molar-refractivity contribution in [3.05, 3.63) is 29.8 Å². The molecule has 0 aromatic heterocycles. The number of para-hydroxylation sites is 1. The van der Waals surface area contributed by atoms with Crippen LogP contribution in [0.2, 0.25) is 0 Å². The Kier molecular flexibility index (Phi) is 3.76. The van der Waals surface area contributed by atoms with E-state index in [0.717, 1.165) is 26.2 Å². The van der Waals surface area contributed by atoms with Crippen LogP contribution in [0.5, 0.6) is 0 Å². The molecule has 1 aliphatic heterocycles. The topological polar surface area (TPSA) is 33.3 Å². The molecule has 0 amide bonds. The summed E-state index contributed by atoms with van der Waals surface area (Å²) in [6, 6.07) is 8.67. The van der Waals surface area contributed by atoms with Gasteiger partial charge in [0.2, 0.25) is 0 Å². The molecule has 2 N–H and O–H groups in total. The van der Waals surface area contributed by atoms with E-state index in [-0.39, 0.29) is 0 Å². The summed E-state index contributed by atoms with van der Waals surface area (Å²) >= 11 is 0. The van der Waals surface area contributed by atoms with Gasteiger partial charge in [-0.25, -0.2) is 0 Å². The molecule has 1 aliphatic carbocycles. The predicted molar refractivity (Wildman–Crippen MR) is 78.7 cm³/mol. The maximum absolute atomic E-state index is 5.21. The molecule has 1 aromatic carbocycles. The molecule has 1 atom stereocenters. The molecular weight excluding hydrogens is 236 g/mol. The molecule has 3 heteroatoms. The Bertz CT molecular complexity index is 429. The van der Waals surface area contributed by atoms with Gasteiger partial charge in [-0.15, -0.1) is 0 Å². The van der Waals surface area contributed by atoms with Gasteiger partial charge in [0.05, 0.1) is 0 Å². The van der Waals surface area contributed by atoms with Crippen LogP contribution in [0.15, 0.2) is 24.3 Å². The second-order valence-corrected chi connectivity index (χ2v) is 6.04. The van der Waals surface area contributed by atoms with Gasteiger partial charge in [0, 0.05) is 45.0 Å². The van der Waals surface area contributed by atoms with Gasteiger partial charge in [-0.1, -0.05) is 18.2 Å². The maximum Gasteiger partial charge on any atom is 0.0468 e. The van der Waals surface area contributed by atoms with Crippen molar-refractivity contribution in [2.75, 3.05) is 38.7 Å². The summed E-state index contributed by atoms with van der Waals surface area (Å²) < 4.78 is 5.21. The quantitative estimate of drug-likeness (QED) is 0.790. The van der Waals surface area contributed by atoms with Crippen molar-refractivity contribution in [3.8, 4) is 0 Å². The van der Waals surface area contributed by atoms with Crippen molar-refractivity contribution in [2.24, 2.45) is 5.41 Å². The molecule has 104 valence electrons.